The van der Waals surface area contributed by atoms with Crippen molar-refractivity contribution < 1.29 is 14.6 Å². The molecule has 0 amide bonds. The Kier molecular flexibility index (Phi) is 5.18. The molecule has 1 aromatic heterocycles. The molecule has 0 saturated heterocycles. The molecule has 29 heavy (non-hydrogen) atoms. The zero-order chi connectivity index (χ0) is 20.4. The van der Waals surface area contributed by atoms with Gasteiger partial charge in [0, 0.05) is 17.0 Å². The van der Waals surface area contributed by atoms with E-state index in [1.54, 1.807) is 18.2 Å². The first kappa shape index (κ1) is 19.0. The monoisotopic (exact) mass is 408 g/mol. The number of rotatable bonds is 5. The molecule has 0 aliphatic carbocycles. The predicted octanol–water partition coefficient (Wildman–Crippen LogP) is 3.91. The standard InChI is InChI=1S/C22H17ClN2O4/c23-17-6-3-14(4-7-17)2-1-10-25-21(26)18(22(27)28)13-19(24-25)15-5-8-20-16(12-15)9-11-29-20/h1-8,12-13H,9-11H2,(H,27,28). The van der Waals surface area contributed by atoms with Crippen molar-refractivity contribution in [3.05, 3.63) is 86.7 Å². The molecule has 2 aromatic carbocycles. The Morgan fingerprint density at radius 1 is 1.21 bits per heavy atom. The number of hydrogen-bond donors (Lipinski definition) is 1. The van der Waals surface area contributed by atoms with Gasteiger partial charge < -0.3 is 9.84 Å². The van der Waals surface area contributed by atoms with Crippen LogP contribution in [0, 0.1) is 0 Å². The summed E-state index contributed by atoms with van der Waals surface area (Å²) in [5, 5.41) is 14.5. The SMILES string of the molecule is O=C(O)c1cc(-c2ccc3c(c2)CCO3)nn(CC=Cc2ccc(Cl)cc2)c1=O. The smallest absolute Gasteiger partial charge is 0.341 e. The molecular weight excluding hydrogens is 392 g/mol. The third-order valence-corrected chi connectivity index (χ3v) is 4.90. The lowest BCUT2D eigenvalue weighted by Gasteiger charge is -2.09. The molecule has 0 unspecified atom stereocenters. The van der Waals surface area contributed by atoms with Gasteiger partial charge in [-0.15, -0.1) is 0 Å². The Morgan fingerprint density at radius 2 is 2.00 bits per heavy atom. The van der Waals surface area contributed by atoms with E-state index in [2.05, 4.69) is 5.10 Å². The topological polar surface area (TPSA) is 81.4 Å². The molecule has 1 aliphatic heterocycles. The average Bonchev–Trinajstić information content (AvgIpc) is 3.18. The molecule has 0 atom stereocenters. The van der Waals surface area contributed by atoms with Crippen molar-refractivity contribution in [2.45, 2.75) is 13.0 Å². The summed E-state index contributed by atoms with van der Waals surface area (Å²) >= 11 is 5.88. The number of carboxylic acid groups (broad SMARTS) is 1. The molecule has 3 aromatic rings. The molecule has 1 aliphatic rings. The van der Waals surface area contributed by atoms with Gasteiger partial charge in [0.25, 0.3) is 5.56 Å². The van der Waals surface area contributed by atoms with Crippen LogP contribution < -0.4 is 10.3 Å². The molecule has 146 valence electrons. The summed E-state index contributed by atoms with van der Waals surface area (Å²) in [6.45, 7) is 0.769. The van der Waals surface area contributed by atoms with Crippen molar-refractivity contribution in [3.63, 3.8) is 0 Å². The fraction of sp³-hybridized carbons (Fsp3) is 0.136. The molecule has 7 heteroatoms. The van der Waals surface area contributed by atoms with Crippen LogP contribution in [0.25, 0.3) is 17.3 Å². The third kappa shape index (κ3) is 4.07. The Balaban J connectivity index is 1.68. The van der Waals surface area contributed by atoms with Crippen molar-refractivity contribution in [1.29, 1.82) is 0 Å². The van der Waals surface area contributed by atoms with Crippen molar-refractivity contribution in [2.24, 2.45) is 0 Å². The molecule has 0 fully saturated rings. The number of aromatic nitrogens is 2. The largest absolute Gasteiger partial charge is 0.493 e. The summed E-state index contributed by atoms with van der Waals surface area (Å²) in [4.78, 5) is 24.1. The lowest BCUT2D eigenvalue weighted by atomic mass is 10.1. The highest BCUT2D eigenvalue weighted by atomic mass is 35.5. The van der Waals surface area contributed by atoms with E-state index in [0.29, 0.717) is 17.3 Å². The van der Waals surface area contributed by atoms with Crippen LogP contribution in [0.3, 0.4) is 0 Å². The number of carboxylic acids is 1. The number of benzene rings is 2. The Morgan fingerprint density at radius 3 is 2.76 bits per heavy atom. The van der Waals surface area contributed by atoms with Crippen LogP contribution in [0.1, 0.15) is 21.5 Å². The van der Waals surface area contributed by atoms with Gasteiger partial charge in [0.2, 0.25) is 0 Å². The van der Waals surface area contributed by atoms with Gasteiger partial charge in [-0.05, 0) is 47.5 Å². The summed E-state index contributed by atoms with van der Waals surface area (Å²) in [5.41, 5.74) is 2.17. The minimum absolute atomic E-state index is 0.142. The number of carbonyl (C=O) groups is 1. The van der Waals surface area contributed by atoms with Gasteiger partial charge >= 0.3 is 5.97 Å². The van der Waals surface area contributed by atoms with Gasteiger partial charge in [-0.3, -0.25) is 4.79 Å². The number of nitrogens with zero attached hydrogens (tertiary/aromatic N) is 2. The van der Waals surface area contributed by atoms with Gasteiger partial charge in [0.05, 0.1) is 18.8 Å². The molecule has 0 radical (unpaired) electrons. The van der Waals surface area contributed by atoms with Crippen molar-refractivity contribution in [2.75, 3.05) is 6.61 Å². The van der Waals surface area contributed by atoms with Gasteiger partial charge in [0.15, 0.2) is 0 Å². The Bertz CT molecular complexity index is 1170. The van der Waals surface area contributed by atoms with E-state index in [-0.39, 0.29) is 12.1 Å². The maximum absolute atomic E-state index is 12.5. The summed E-state index contributed by atoms with van der Waals surface area (Å²) in [5.74, 6) is -0.454. The van der Waals surface area contributed by atoms with Crippen LogP contribution in [0.4, 0.5) is 0 Å². The third-order valence-electron chi connectivity index (χ3n) is 4.65. The predicted molar refractivity (Wildman–Crippen MR) is 111 cm³/mol. The van der Waals surface area contributed by atoms with Crippen molar-refractivity contribution >= 4 is 23.6 Å². The van der Waals surface area contributed by atoms with Gasteiger partial charge in [0.1, 0.15) is 11.3 Å². The normalized spacial score (nSPS) is 12.7. The maximum atomic E-state index is 12.5. The number of hydrogen-bond acceptors (Lipinski definition) is 4. The van der Waals surface area contributed by atoms with Crippen LogP contribution >= 0.6 is 11.6 Å². The first-order chi connectivity index (χ1) is 14.0. The Hall–Kier alpha value is -3.38. The number of ether oxygens (including phenoxy) is 1. The van der Waals surface area contributed by atoms with E-state index in [1.165, 1.54) is 6.07 Å². The molecule has 0 spiro atoms. The minimum Gasteiger partial charge on any atom is -0.493 e. The number of allylic oxidation sites excluding steroid dienone is 1. The minimum atomic E-state index is -1.28. The lowest BCUT2D eigenvalue weighted by molar-refractivity contribution is 0.0694. The van der Waals surface area contributed by atoms with Crippen LogP contribution in [0.2, 0.25) is 5.02 Å². The highest BCUT2D eigenvalue weighted by Crippen LogP contribution is 2.29. The second-order valence-corrected chi connectivity index (χ2v) is 7.05. The van der Waals surface area contributed by atoms with Gasteiger partial charge in [-0.1, -0.05) is 35.9 Å². The van der Waals surface area contributed by atoms with E-state index in [1.807, 2.05) is 36.4 Å². The lowest BCUT2D eigenvalue weighted by Crippen LogP contribution is -2.28. The summed E-state index contributed by atoms with van der Waals surface area (Å²) in [6, 6.07) is 14.1. The van der Waals surface area contributed by atoms with Crippen LogP contribution in [-0.2, 0) is 13.0 Å². The molecule has 4 rings (SSSR count). The maximum Gasteiger partial charge on any atom is 0.341 e. The van der Waals surface area contributed by atoms with Crippen molar-refractivity contribution in [1.82, 2.24) is 9.78 Å². The number of fused-ring (bicyclic) bond motifs is 1. The van der Waals surface area contributed by atoms with Gasteiger partial charge in [-0.25, -0.2) is 9.48 Å². The number of aromatic carboxylic acids is 1. The zero-order valence-electron chi connectivity index (χ0n) is 15.3. The van der Waals surface area contributed by atoms with Gasteiger partial charge in [-0.2, -0.15) is 5.10 Å². The fourth-order valence-electron chi connectivity index (χ4n) is 3.17. The van der Waals surface area contributed by atoms with Crippen LogP contribution in [-0.4, -0.2) is 27.5 Å². The summed E-state index contributed by atoms with van der Waals surface area (Å²) in [6.07, 6.45) is 4.37. The zero-order valence-corrected chi connectivity index (χ0v) is 16.1. The van der Waals surface area contributed by atoms with Crippen molar-refractivity contribution in [3.8, 4) is 17.0 Å². The second kappa shape index (κ2) is 7.93. The highest BCUT2D eigenvalue weighted by Gasteiger charge is 2.17. The molecule has 0 saturated carbocycles. The quantitative estimate of drug-likeness (QED) is 0.692. The molecule has 6 nitrogen and oxygen atoms in total. The van der Waals surface area contributed by atoms with E-state index in [0.717, 1.165) is 33.5 Å². The summed E-state index contributed by atoms with van der Waals surface area (Å²) in [7, 11) is 0. The van der Waals surface area contributed by atoms with E-state index >= 15 is 0 Å². The van der Waals surface area contributed by atoms with Crippen LogP contribution in [0.15, 0.2) is 59.4 Å². The molecule has 1 N–H and O–H groups in total. The average molecular weight is 409 g/mol. The molecule has 2 heterocycles. The van der Waals surface area contributed by atoms with E-state index < -0.39 is 11.5 Å². The molecular formula is C22H17ClN2O4. The summed E-state index contributed by atoms with van der Waals surface area (Å²) < 4.78 is 6.67. The Labute approximate surface area is 171 Å². The fourth-order valence-corrected chi connectivity index (χ4v) is 3.29. The first-order valence-electron chi connectivity index (χ1n) is 9.05. The second-order valence-electron chi connectivity index (χ2n) is 6.61. The van der Waals surface area contributed by atoms with Crippen LogP contribution in [0.5, 0.6) is 5.75 Å². The molecule has 0 bridgehead atoms. The number of halogens is 1. The highest BCUT2D eigenvalue weighted by molar-refractivity contribution is 6.30. The first-order valence-corrected chi connectivity index (χ1v) is 9.43. The van der Waals surface area contributed by atoms with E-state index in [4.69, 9.17) is 16.3 Å². The van der Waals surface area contributed by atoms with E-state index in [9.17, 15) is 14.7 Å².